The molecule has 1 saturated heterocycles. The smallest absolute Gasteiger partial charge is 0.333 e. The van der Waals surface area contributed by atoms with Crippen molar-refractivity contribution < 1.29 is 28.2 Å². The lowest BCUT2D eigenvalue weighted by Gasteiger charge is -2.49. The van der Waals surface area contributed by atoms with Crippen molar-refractivity contribution >= 4 is 29.1 Å². The Kier molecular flexibility index (Phi) is 9.73. The van der Waals surface area contributed by atoms with Crippen LogP contribution in [0.4, 0.5) is 15.8 Å². The Morgan fingerprint density at radius 2 is 1.31 bits per heavy atom. The fraction of sp³-hybridized carbons (Fsp3) is 0.310. The number of fused-ring (bicyclic) bond motifs is 1. The van der Waals surface area contributed by atoms with E-state index in [9.17, 15) is 14.4 Å². The van der Waals surface area contributed by atoms with E-state index < -0.39 is 35.0 Å². The Labute approximate surface area is 298 Å². The molecular weight excluding hydrogens is 645 g/mol. The Morgan fingerprint density at radius 3 is 1.82 bits per heavy atom. The van der Waals surface area contributed by atoms with Crippen LogP contribution in [0.25, 0.3) is 0 Å². The van der Waals surface area contributed by atoms with E-state index in [1.165, 1.54) is 13.0 Å². The summed E-state index contributed by atoms with van der Waals surface area (Å²) >= 11 is 0. The quantitative estimate of drug-likeness (QED) is 0.0591. The highest BCUT2D eigenvalue weighted by molar-refractivity contribution is 6.14. The predicted octanol–water partition coefficient (Wildman–Crippen LogP) is 6.38. The van der Waals surface area contributed by atoms with Gasteiger partial charge >= 0.3 is 11.9 Å². The predicted molar refractivity (Wildman–Crippen MR) is 194 cm³/mol. The van der Waals surface area contributed by atoms with Gasteiger partial charge in [0.2, 0.25) is 0 Å². The second kappa shape index (κ2) is 14.5. The van der Waals surface area contributed by atoms with Crippen LogP contribution in [-0.4, -0.2) is 74.6 Å². The molecule has 1 saturated carbocycles. The van der Waals surface area contributed by atoms with Crippen molar-refractivity contribution in [1.82, 2.24) is 4.90 Å². The molecule has 2 fully saturated rings. The van der Waals surface area contributed by atoms with E-state index in [1.807, 2.05) is 18.2 Å². The molecule has 4 aromatic carbocycles. The first-order valence-corrected chi connectivity index (χ1v) is 17.6. The molecule has 262 valence electrons. The number of ether oxygens (including phenoxy) is 2. The minimum atomic E-state index is -1.09. The van der Waals surface area contributed by atoms with Crippen LogP contribution in [0.5, 0.6) is 0 Å². The van der Waals surface area contributed by atoms with Gasteiger partial charge in [0.05, 0.1) is 16.9 Å². The number of piperazine rings is 1. The van der Waals surface area contributed by atoms with Gasteiger partial charge in [-0.3, -0.25) is 14.5 Å². The van der Waals surface area contributed by atoms with E-state index in [2.05, 4.69) is 94.1 Å². The largest absolute Gasteiger partial charge is 0.461 e. The van der Waals surface area contributed by atoms with Gasteiger partial charge in [0.25, 0.3) is 0 Å². The molecule has 4 aromatic rings. The summed E-state index contributed by atoms with van der Waals surface area (Å²) in [6.07, 6.45) is 1.86. The first-order valence-electron chi connectivity index (χ1n) is 17.6. The molecule has 1 atom stereocenters. The summed E-state index contributed by atoms with van der Waals surface area (Å²) in [7, 11) is 0. The summed E-state index contributed by atoms with van der Waals surface area (Å²) in [4.78, 5) is 45.0. The first kappa shape index (κ1) is 34.2. The normalized spacial score (nSPS) is 17.8. The lowest BCUT2D eigenvalue weighted by Crippen LogP contribution is -2.56. The molecule has 2 heterocycles. The number of Topliss-reactive ketones (excluding diaryl/α,β-unsaturated/α-hetero) is 1. The molecular formula is C42H42FN3O5. The number of rotatable bonds is 11. The number of carbonyl (C=O) groups excluding carboxylic acids is 3. The van der Waals surface area contributed by atoms with Crippen molar-refractivity contribution in [2.24, 2.45) is 5.92 Å². The third-order valence-corrected chi connectivity index (χ3v) is 10.2. The molecule has 0 aromatic heterocycles. The maximum Gasteiger partial charge on any atom is 0.333 e. The van der Waals surface area contributed by atoms with Gasteiger partial charge in [-0.1, -0.05) is 97.6 Å². The van der Waals surface area contributed by atoms with Crippen LogP contribution in [0.3, 0.4) is 0 Å². The summed E-state index contributed by atoms with van der Waals surface area (Å²) < 4.78 is 26.5. The van der Waals surface area contributed by atoms with Crippen LogP contribution in [0, 0.1) is 11.7 Å². The maximum absolute atomic E-state index is 16.1. The Balaban J connectivity index is 1.14. The molecule has 0 radical (unpaired) electrons. The van der Waals surface area contributed by atoms with Crippen LogP contribution >= 0.6 is 0 Å². The van der Waals surface area contributed by atoms with Crippen LogP contribution in [0.2, 0.25) is 0 Å². The first-order chi connectivity index (χ1) is 24.8. The van der Waals surface area contributed by atoms with Gasteiger partial charge in [0.1, 0.15) is 24.9 Å². The number of esters is 2. The van der Waals surface area contributed by atoms with Gasteiger partial charge in [0.15, 0.2) is 5.78 Å². The number of nitrogens with zero attached hydrogens (tertiary/aromatic N) is 3. The maximum atomic E-state index is 16.1. The molecule has 2 aliphatic heterocycles. The van der Waals surface area contributed by atoms with Gasteiger partial charge in [-0.2, -0.15) is 0 Å². The van der Waals surface area contributed by atoms with E-state index in [1.54, 1.807) is 6.07 Å². The van der Waals surface area contributed by atoms with Crippen molar-refractivity contribution in [1.29, 1.82) is 0 Å². The monoisotopic (exact) mass is 687 g/mol. The number of anilines is 2. The molecule has 0 bridgehead atoms. The fourth-order valence-electron chi connectivity index (χ4n) is 7.58. The number of hydrogen-bond acceptors (Lipinski definition) is 8. The van der Waals surface area contributed by atoms with Crippen LogP contribution in [-0.2, 0) is 24.6 Å². The van der Waals surface area contributed by atoms with Crippen molar-refractivity contribution in [2.75, 3.05) is 55.7 Å². The summed E-state index contributed by atoms with van der Waals surface area (Å²) in [5.74, 6) is -3.33. The molecule has 1 aliphatic carbocycles. The third-order valence-electron chi connectivity index (χ3n) is 10.2. The summed E-state index contributed by atoms with van der Waals surface area (Å²) in [6, 6.07) is 34.9. The Hall–Kier alpha value is -5.28. The highest BCUT2D eigenvalue weighted by atomic mass is 19.1. The molecule has 0 N–H and O–H groups in total. The molecule has 0 spiro atoms. The number of benzene rings is 4. The van der Waals surface area contributed by atoms with Crippen LogP contribution in [0.15, 0.2) is 115 Å². The number of halogens is 1. The molecule has 0 amide bonds. The minimum absolute atomic E-state index is 0.143. The second-order valence-corrected chi connectivity index (χ2v) is 13.5. The van der Waals surface area contributed by atoms with Gasteiger partial charge in [0, 0.05) is 49.9 Å². The zero-order valence-electron chi connectivity index (χ0n) is 28.8. The van der Waals surface area contributed by atoms with Crippen molar-refractivity contribution in [3.63, 3.8) is 0 Å². The highest BCUT2D eigenvalue weighted by Crippen LogP contribution is 2.45. The molecule has 7 rings (SSSR count). The summed E-state index contributed by atoms with van der Waals surface area (Å²) in [6.45, 7) is 7.36. The van der Waals surface area contributed by atoms with Gasteiger partial charge in [-0.25, -0.2) is 9.18 Å². The Bertz CT molecular complexity index is 1810. The lowest BCUT2D eigenvalue weighted by molar-refractivity contribution is -0.152. The van der Waals surface area contributed by atoms with Gasteiger partial charge in [-0.15, -0.1) is 0 Å². The van der Waals surface area contributed by atoms with Crippen LogP contribution < -0.4 is 9.80 Å². The SMILES string of the molecule is C=C(C)C(=O)OCCOC(=O)C1CN(C2CC2)c2cc(N3CCN(C(c4ccccc4)(c4ccccc4)c4ccccc4)CC3)c(F)cc2C1=O. The topological polar surface area (TPSA) is 79.4 Å². The molecule has 3 aliphatic rings. The van der Waals surface area contributed by atoms with Gasteiger partial charge < -0.3 is 19.3 Å². The van der Waals surface area contributed by atoms with Gasteiger partial charge in [-0.05, 0) is 48.6 Å². The molecule has 1 unspecified atom stereocenters. The molecule has 9 heteroatoms. The van der Waals surface area contributed by atoms with E-state index in [0.717, 1.165) is 29.5 Å². The standard InChI is InChI=1S/C42H42FN3O5/c1-29(2)40(48)50-24-25-51-41(49)35-28-46(33-18-19-33)37-27-38(36(43)26-34(37)39(35)47)44-20-22-45(23-21-44)42(30-12-6-3-7-13-30,31-14-8-4-9-15-31)32-16-10-5-11-17-32/h3-17,26-27,33,35H,1,18-25,28H2,2H3. The Morgan fingerprint density at radius 1 is 0.784 bits per heavy atom. The zero-order valence-corrected chi connectivity index (χ0v) is 28.8. The van der Waals surface area contributed by atoms with Crippen molar-refractivity contribution in [2.45, 2.75) is 31.3 Å². The number of hydrogen-bond donors (Lipinski definition) is 0. The average molecular weight is 688 g/mol. The third kappa shape index (κ3) is 6.66. The summed E-state index contributed by atoms with van der Waals surface area (Å²) in [5, 5.41) is 0. The van der Waals surface area contributed by atoms with E-state index in [0.29, 0.717) is 37.6 Å². The number of ketones is 1. The van der Waals surface area contributed by atoms with E-state index in [4.69, 9.17) is 9.47 Å². The lowest BCUT2D eigenvalue weighted by atomic mass is 9.75. The van der Waals surface area contributed by atoms with E-state index in [-0.39, 0.29) is 36.9 Å². The minimum Gasteiger partial charge on any atom is -0.461 e. The van der Waals surface area contributed by atoms with Crippen LogP contribution in [0.1, 0.15) is 46.8 Å². The fourth-order valence-corrected chi connectivity index (χ4v) is 7.58. The van der Waals surface area contributed by atoms with Crippen molar-refractivity contribution in [3.05, 3.63) is 143 Å². The van der Waals surface area contributed by atoms with Crippen molar-refractivity contribution in [3.8, 4) is 0 Å². The number of carbonyl (C=O) groups is 3. The van der Waals surface area contributed by atoms with E-state index >= 15 is 4.39 Å². The second-order valence-electron chi connectivity index (χ2n) is 13.5. The average Bonchev–Trinajstić information content (AvgIpc) is 4.01. The molecule has 8 nitrogen and oxygen atoms in total. The summed E-state index contributed by atoms with van der Waals surface area (Å²) in [5.41, 5.74) is 4.48. The molecule has 51 heavy (non-hydrogen) atoms. The highest BCUT2D eigenvalue weighted by Gasteiger charge is 2.45. The zero-order chi connectivity index (χ0) is 35.5.